The summed E-state index contributed by atoms with van der Waals surface area (Å²) in [5.41, 5.74) is 0.255. The van der Waals surface area contributed by atoms with Gasteiger partial charge in [-0.3, -0.25) is 14.4 Å². The second-order valence-electron chi connectivity index (χ2n) is 14.3. The number of hydrogen-bond donors (Lipinski definition) is 1. The Kier molecular flexibility index (Phi) is 4.47. The highest BCUT2D eigenvalue weighted by Gasteiger charge is 2.85. The summed E-state index contributed by atoms with van der Waals surface area (Å²) >= 11 is 0. The summed E-state index contributed by atoms with van der Waals surface area (Å²) in [7, 11) is 0. The van der Waals surface area contributed by atoms with E-state index in [1.165, 1.54) is 5.57 Å². The van der Waals surface area contributed by atoms with Crippen LogP contribution in [0, 0.1) is 73.9 Å². The Hall–Kier alpha value is -1.96. The van der Waals surface area contributed by atoms with Gasteiger partial charge in [0, 0.05) is 16.7 Å². The molecule has 5 nitrogen and oxygen atoms in total. The third kappa shape index (κ3) is 2.43. The SMILES string of the molecule is CC1[C@@]23CC[C@H]4C(C)(C)C(=O)C(C#N)C[C@]4(C)[C@H]2C(=O)C=C2[C@@H]4C[C@@H](C(=O)O)CC[C@]4(C)CC[C@@]213. The molecule has 6 aliphatic rings. The number of carboxylic acids is 1. The second-order valence-corrected chi connectivity index (χ2v) is 14.3. The van der Waals surface area contributed by atoms with Gasteiger partial charge in [0.15, 0.2) is 11.6 Å². The zero-order valence-corrected chi connectivity index (χ0v) is 21.8. The Morgan fingerprint density at radius 3 is 2.46 bits per heavy atom. The Bertz CT molecular complexity index is 1130. The van der Waals surface area contributed by atoms with Crippen LogP contribution in [-0.2, 0) is 14.4 Å². The molecule has 10 atom stereocenters. The van der Waals surface area contributed by atoms with Gasteiger partial charge in [-0.1, -0.05) is 40.2 Å². The molecular weight excluding hydrogens is 438 g/mol. The van der Waals surface area contributed by atoms with Crippen molar-refractivity contribution in [2.45, 2.75) is 86.0 Å². The quantitative estimate of drug-likeness (QED) is 0.531. The highest BCUT2D eigenvalue weighted by atomic mass is 16.4. The lowest BCUT2D eigenvalue weighted by atomic mass is 9.40. The van der Waals surface area contributed by atoms with Crippen LogP contribution in [0.4, 0.5) is 0 Å². The number of aliphatic carboxylic acids is 1. The molecule has 0 saturated heterocycles. The molecule has 5 saturated carbocycles. The molecule has 0 aliphatic heterocycles. The molecule has 0 radical (unpaired) electrons. The predicted octanol–water partition coefficient (Wildman–Crippen LogP) is 5.59. The van der Waals surface area contributed by atoms with E-state index in [1.54, 1.807) is 0 Å². The van der Waals surface area contributed by atoms with E-state index in [0.29, 0.717) is 18.8 Å². The van der Waals surface area contributed by atoms with Crippen molar-refractivity contribution < 1.29 is 19.5 Å². The van der Waals surface area contributed by atoms with Gasteiger partial charge in [-0.05, 0) is 91.4 Å². The molecular formula is C30H39NO4. The molecule has 188 valence electrons. The van der Waals surface area contributed by atoms with Crippen LogP contribution in [0.15, 0.2) is 11.6 Å². The fourth-order valence-electron chi connectivity index (χ4n) is 11.5. The molecule has 2 spiro atoms. The molecule has 2 unspecified atom stereocenters. The van der Waals surface area contributed by atoms with Crippen LogP contribution in [0.5, 0.6) is 0 Å². The smallest absolute Gasteiger partial charge is 0.306 e. The lowest BCUT2D eigenvalue weighted by molar-refractivity contribution is -0.168. The maximum absolute atomic E-state index is 14.2. The maximum atomic E-state index is 14.2. The molecule has 0 bridgehead atoms. The number of fused-ring (bicyclic) bond motifs is 4. The molecule has 0 aromatic rings. The Morgan fingerprint density at radius 1 is 1.09 bits per heavy atom. The minimum absolute atomic E-state index is 0.0160. The van der Waals surface area contributed by atoms with Gasteiger partial charge in [-0.25, -0.2) is 0 Å². The Labute approximate surface area is 208 Å². The number of carbonyl (C=O) groups is 3. The predicted molar refractivity (Wildman–Crippen MR) is 130 cm³/mol. The van der Waals surface area contributed by atoms with Crippen molar-refractivity contribution >= 4 is 17.5 Å². The zero-order chi connectivity index (χ0) is 25.3. The van der Waals surface area contributed by atoms with Gasteiger partial charge >= 0.3 is 5.97 Å². The van der Waals surface area contributed by atoms with E-state index < -0.39 is 17.3 Å². The van der Waals surface area contributed by atoms with Crippen molar-refractivity contribution in [3.63, 3.8) is 0 Å². The summed E-state index contributed by atoms with van der Waals surface area (Å²) in [5.74, 6) is -0.930. The van der Waals surface area contributed by atoms with Gasteiger partial charge in [0.05, 0.1) is 12.0 Å². The number of rotatable bonds is 1. The first-order chi connectivity index (χ1) is 16.3. The highest BCUT2D eigenvalue weighted by Crippen LogP contribution is 2.89. The first-order valence-corrected chi connectivity index (χ1v) is 13.7. The number of allylic oxidation sites excluding steroid dienone is 2. The fourth-order valence-corrected chi connectivity index (χ4v) is 11.5. The van der Waals surface area contributed by atoms with Crippen molar-refractivity contribution in [2.75, 3.05) is 0 Å². The van der Waals surface area contributed by atoms with Crippen molar-refractivity contribution in [2.24, 2.45) is 62.6 Å². The minimum Gasteiger partial charge on any atom is -0.481 e. The normalized spacial score (nSPS) is 53.5. The van der Waals surface area contributed by atoms with E-state index in [9.17, 15) is 24.8 Å². The number of hydrogen-bond acceptors (Lipinski definition) is 4. The molecule has 0 aromatic carbocycles. The number of carboxylic acid groups (broad SMARTS) is 1. The number of carbonyl (C=O) groups excluding carboxylic acids is 2. The van der Waals surface area contributed by atoms with Gasteiger partial charge in [0.1, 0.15) is 5.92 Å². The number of nitrogens with zero attached hydrogens (tertiary/aromatic N) is 1. The molecule has 5 heteroatoms. The summed E-state index contributed by atoms with van der Waals surface area (Å²) in [6, 6.07) is 2.30. The topological polar surface area (TPSA) is 95.2 Å². The third-order valence-electron chi connectivity index (χ3n) is 13.0. The van der Waals surface area contributed by atoms with Crippen LogP contribution in [0.3, 0.4) is 0 Å². The first kappa shape index (κ1) is 23.4. The molecule has 6 aliphatic carbocycles. The molecule has 0 aromatic heterocycles. The van der Waals surface area contributed by atoms with Crippen molar-refractivity contribution in [1.82, 2.24) is 0 Å². The molecule has 1 N–H and O–H groups in total. The monoisotopic (exact) mass is 477 g/mol. The van der Waals surface area contributed by atoms with E-state index in [-0.39, 0.29) is 56.9 Å². The molecule has 6 rings (SSSR count). The lowest BCUT2D eigenvalue weighted by Gasteiger charge is -2.62. The third-order valence-corrected chi connectivity index (χ3v) is 13.0. The van der Waals surface area contributed by atoms with Gasteiger partial charge in [-0.2, -0.15) is 5.26 Å². The van der Waals surface area contributed by atoms with E-state index in [2.05, 4.69) is 26.8 Å². The summed E-state index contributed by atoms with van der Waals surface area (Å²) in [4.78, 5) is 39.4. The largest absolute Gasteiger partial charge is 0.481 e. The van der Waals surface area contributed by atoms with Crippen LogP contribution < -0.4 is 0 Å². The van der Waals surface area contributed by atoms with Crippen LogP contribution >= 0.6 is 0 Å². The van der Waals surface area contributed by atoms with Crippen LogP contribution in [0.25, 0.3) is 0 Å². The molecule has 5 fully saturated rings. The van der Waals surface area contributed by atoms with Crippen molar-refractivity contribution in [3.8, 4) is 6.07 Å². The fraction of sp³-hybridized carbons (Fsp3) is 0.800. The maximum Gasteiger partial charge on any atom is 0.306 e. The average molecular weight is 478 g/mol. The van der Waals surface area contributed by atoms with E-state index in [4.69, 9.17) is 0 Å². The second kappa shape index (κ2) is 6.67. The summed E-state index contributed by atoms with van der Waals surface area (Å²) < 4.78 is 0. The zero-order valence-electron chi connectivity index (χ0n) is 21.8. The Morgan fingerprint density at radius 2 is 1.80 bits per heavy atom. The highest BCUT2D eigenvalue weighted by molar-refractivity contribution is 5.98. The molecule has 0 heterocycles. The summed E-state index contributed by atoms with van der Waals surface area (Å²) in [5, 5.41) is 19.7. The number of Topliss-reactive ketones (excluding diaryl/α,β-unsaturated/α-hetero) is 1. The number of ketones is 2. The van der Waals surface area contributed by atoms with Gasteiger partial charge in [-0.15, -0.1) is 0 Å². The van der Waals surface area contributed by atoms with E-state index >= 15 is 0 Å². The number of nitriles is 1. The van der Waals surface area contributed by atoms with Crippen molar-refractivity contribution in [1.29, 1.82) is 5.26 Å². The first-order valence-electron chi connectivity index (χ1n) is 13.7. The van der Waals surface area contributed by atoms with Gasteiger partial charge in [0.2, 0.25) is 0 Å². The summed E-state index contributed by atoms with van der Waals surface area (Å²) in [6.07, 6.45) is 8.83. The van der Waals surface area contributed by atoms with E-state index in [0.717, 1.165) is 38.5 Å². The van der Waals surface area contributed by atoms with Crippen LogP contribution in [0.1, 0.15) is 86.0 Å². The molecule has 0 amide bonds. The summed E-state index contributed by atoms with van der Waals surface area (Å²) in [6.45, 7) is 10.9. The van der Waals surface area contributed by atoms with E-state index in [1.807, 2.05) is 19.9 Å². The van der Waals surface area contributed by atoms with Gasteiger partial charge < -0.3 is 5.11 Å². The standard InChI is InChI=1S/C30H39NO4/c1-16-29-11-10-27(4)8-6-17(25(34)35)12-19(27)20(29)13-21(32)23-28(5)14-18(15-31)24(33)26(2,3)22(28)7-9-30(16,23)29/h13,16-19,22-23H,6-12,14H2,1-5H3,(H,34,35)/t16?,17-,18?,19-,22-,23+,27+,28-,29-,30-/m0/s1. The van der Waals surface area contributed by atoms with Gasteiger partial charge in [0.25, 0.3) is 0 Å². The molecule has 35 heavy (non-hydrogen) atoms. The minimum atomic E-state index is -0.699. The Balaban J connectivity index is 1.48. The lowest BCUT2D eigenvalue weighted by Crippen LogP contribution is -2.61. The van der Waals surface area contributed by atoms with Crippen LogP contribution in [0.2, 0.25) is 0 Å². The van der Waals surface area contributed by atoms with Crippen molar-refractivity contribution in [3.05, 3.63) is 11.6 Å². The average Bonchev–Trinajstić information content (AvgIpc) is 3.30. The van der Waals surface area contributed by atoms with Crippen LogP contribution in [-0.4, -0.2) is 22.6 Å².